The number of anilines is 1. The largest absolute Gasteiger partial charge is 0.383 e. The first kappa shape index (κ1) is 11.8. The van der Waals surface area contributed by atoms with Crippen LogP contribution in [0.3, 0.4) is 0 Å². The van der Waals surface area contributed by atoms with E-state index in [0.29, 0.717) is 5.69 Å². The number of unbranched alkanes of at least 4 members (excludes halogenated alkanes) is 3. The van der Waals surface area contributed by atoms with Crippen LogP contribution in [-0.2, 0) is 0 Å². The number of allylic oxidation sites excluding steroid dienone is 1. The number of nitrogens with one attached hydrogen (secondary N) is 1. The highest BCUT2D eigenvalue weighted by Gasteiger charge is 1.97. The van der Waals surface area contributed by atoms with E-state index in [1.807, 2.05) is 12.1 Å². The van der Waals surface area contributed by atoms with Crippen molar-refractivity contribution in [3.63, 3.8) is 0 Å². The van der Waals surface area contributed by atoms with Gasteiger partial charge in [0.15, 0.2) is 0 Å². The van der Waals surface area contributed by atoms with Crippen LogP contribution >= 0.6 is 0 Å². The molecule has 1 aromatic carbocycles. The van der Waals surface area contributed by atoms with Gasteiger partial charge in [0.2, 0.25) is 0 Å². The molecule has 0 amide bonds. The lowest BCUT2D eigenvalue weighted by atomic mass is 10.2. The number of hydrogen-bond acceptors (Lipinski definition) is 1. The molecule has 0 unspecified atom stereocenters. The minimum Gasteiger partial charge on any atom is -0.383 e. The molecule has 0 aliphatic heterocycles. The van der Waals surface area contributed by atoms with Crippen LogP contribution < -0.4 is 5.32 Å². The van der Waals surface area contributed by atoms with E-state index >= 15 is 0 Å². The predicted octanol–water partition coefficient (Wildman–Crippen LogP) is 3.98. The van der Waals surface area contributed by atoms with Gasteiger partial charge in [0.05, 0.1) is 5.69 Å². The van der Waals surface area contributed by atoms with Crippen LogP contribution in [-0.4, -0.2) is 6.54 Å². The summed E-state index contributed by atoms with van der Waals surface area (Å²) in [5, 5.41) is 3.09. The first-order valence-corrected chi connectivity index (χ1v) is 5.44. The lowest BCUT2D eigenvalue weighted by Crippen LogP contribution is -2.02. The Hall–Kier alpha value is -1.31. The van der Waals surface area contributed by atoms with Gasteiger partial charge in [-0.05, 0) is 31.4 Å². The van der Waals surface area contributed by atoms with Gasteiger partial charge in [0.25, 0.3) is 0 Å². The number of rotatable bonds is 7. The summed E-state index contributed by atoms with van der Waals surface area (Å²) in [7, 11) is 0. The molecule has 15 heavy (non-hydrogen) atoms. The quantitative estimate of drug-likeness (QED) is 0.526. The summed E-state index contributed by atoms with van der Waals surface area (Å²) in [6, 6.07) is 6.77. The fraction of sp³-hybridized carbons (Fsp3) is 0.385. The topological polar surface area (TPSA) is 12.0 Å². The third kappa shape index (κ3) is 4.63. The second-order valence-corrected chi connectivity index (χ2v) is 3.54. The fourth-order valence-corrected chi connectivity index (χ4v) is 1.42. The average Bonchev–Trinajstić information content (AvgIpc) is 2.25. The first-order valence-electron chi connectivity index (χ1n) is 5.44. The SMILES string of the molecule is C=CCCCCCNc1ccccc1F. The molecular formula is C13H18FN. The van der Waals surface area contributed by atoms with Gasteiger partial charge in [-0.3, -0.25) is 0 Å². The first-order chi connectivity index (χ1) is 7.34. The molecular weight excluding hydrogens is 189 g/mol. The molecule has 0 aliphatic carbocycles. The zero-order valence-electron chi connectivity index (χ0n) is 9.01. The van der Waals surface area contributed by atoms with Gasteiger partial charge in [-0.2, -0.15) is 0 Å². The van der Waals surface area contributed by atoms with Gasteiger partial charge < -0.3 is 5.32 Å². The van der Waals surface area contributed by atoms with Crippen molar-refractivity contribution in [2.24, 2.45) is 0 Å². The van der Waals surface area contributed by atoms with E-state index < -0.39 is 0 Å². The van der Waals surface area contributed by atoms with E-state index in [9.17, 15) is 4.39 Å². The lowest BCUT2D eigenvalue weighted by molar-refractivity contribution is 0.628. The minimum absolute atomic E-state index is 0.177. The molecule has 0 radical (unpaired) electrons. The van der Waals surface area contributed by atoms with Crippen molar-refractivity contribution in [2.45, 2.75) is 25.7 Å². The van der Waals surface area contributed by atoms with Crippen LogP contribution in [0.25, 0.3) is 0 Å². The number of halogens is 1. The predicted molar refractivity (Wildman–Crippen MR) is 63.6 cm³/mol. The standard InChI is InChI=1S/C13H18FN/c1-2-3-4-5-8-11-15-13-10-7-6-9-12(13)14/h2,6-7,9-10,15H,1,3-5,8,11H2. The Bertz CT molecular complexity index is 296. The molecule has 1 nitrogen and oxygen atoms in total. The Labute approximate surface area is 91.0 Å². The molecule has 0 aliphatic rings. The van der Waals surface area contributed by atoms with E-state index in [2.05, 4.69) is 11.9 Å². The fourth-order valence-electron chi connectivity index (χ4n) is 1.42. The molecule has 0 saturated heterocycles. The molecule has 0 heterocycles. The van der Waals surface area contributed by atoms with Gasteiger partial charge in [0.1, 0.15) is 5.82 Å². The second-order valence-electron chi connectivity index (χ2n) is 3.54. The Morgan fingerprint density at radius 2 is 2.00 bits per heavy atom. The summed E-state index contributed by atoms with van der Waals surface area (Å²) in [4.78, 5) is 0. The zero-order chi connectivity index (χ0) is 10.9. The highest BCUT2D eigenvalue weighted by Crippen LogP contribution is 2.12. The van der Waals surface area contributed by atoms with E-state index in [-0.39, 0.29) is 5.82 Å². The molecule has 1 N–H and O–H groups in total. The highest BCUT2D eigenvalue weighted by molar-refractivity contribution is 5.44. The van der Waals surface area contributed by atoms with Crippen molar-refractivity contribution >= 4 is 5.69 Å². The van der Waals surface area contributed by atoms with Crippen molar-refractivity contribution in [2.75, 3.05) is 11.9 Å². The number of hydrogen-bond donors (Lipinski definition) is 1. The number of para-hydroxylation sites is 1. The van der Waals surface area contributed by atoms with Gasteiger partial charge in [-0.15, -0.1) is 6.58 Å². The van der Waals surface area contributed by atoms with Crippen molar-refractivity contribution < 1.29 is 4.39 Å². The molecule has 0 fully saturated rings. The normalized spacial score (nSPS) is 9.93. The minimum atomic E-state index is -0.177. The Kier molecular flexibility index (Phi) is 5.52. The van der Waals surface area contributed by atoms with E-state index in [1.165, 1.54) is 12.5 Å². The Balaban J connectivity index is 2.15. The number of benzene rings is 1. The van der Waals surface area contributed by atoms with Gasteiger partial charge in [-0.1, -0.05) is 24.6 Å². The molecule has 0 saturated carbocycles. The monoisotopic (exact) mass is 207 g/mol. The summed E-state index contributed by atoms with van der Waals surface area (Å²) in [5.41, 5.74) is 0.598. The van der Waals surface area contributed by atoms with Crippen LogP contribution in [0.1, 0.15) is 25.7 Å². The van der Waals surface area contributed by atoms with Crippen molar-refractivity contribution in [3.8, 4) is 0 Å². The van der Waals surface area contributed by atoms with Gasteiger partial charge >= 0.3 is 0 Å². The molecule has 0 atom stereocenters. The van der Waals surface area contributed by atoms with Gasteiger partial charge in [0, 0.05) is 6.54 Å². The summed E-state index contributed by atoms with van der Waals surface area (Å²) < 4.78 is 13.1. The smallest absolute Gasteiger partial charge is 0.146 e. The maximum absolute atomic E-state index is 13.1. The van der Waals surface area contributed by atoms with Crippen LogP contribution in [0.15, 0.2) is 36.9 Å². The summed E-state index contributed by atoms with van der Waals surface area (Å²) in [6.07, 6.45) is 6.40. The van der Waals surface area contributed by atoms with Crippen LogP contribution in [0.2, 0.25) is 0 Å². The lowest BCUT2D eigenvalue weighted by Gasteiger charge is -2.06. The van der Waals surface area contributed by atoms with Crippen LogP contribution in [0.4, 0.5) is 10.1 Å². The highest BCUT2D eigenvalue weighted by atomic mass is 19.1. The molecule has 0 aromatic heterocycles. The summed E-state index contributed by atoms with van der Waals surface area (Å²) >= 11 is 0. The van der Waals surface area contributed by atoms with Crippen LogP contribution in [0, 0.1) is 5.82 Å². The maximum Gasteiger partial charge on any atom is 0.146 e. The molecule has 82 valence electrons. The maximum atomic E-state index is 13.1. The molecule has 0 spiro atoms. The van der Waals surface area contributed by atoms with Crippen molar-refractivity contribution in [1.82, 2.24) is 0 Å². The van der Waals surface area contributed by atoms with E-state index in [4.69, 9.17) is 0 Å². The molecule has 2 heteroatoms. The average molecular weight is 207 g/mol. The van der Waals surface area contributed by atoms with Crippen molar-refractivity contribution in [3.05, 3.63) is 42.7 Å². The Morgan fingerprint density at radius 3 is 2.73 bits per heavy atom. The zero-order valence-corrected chi connectivity index (χ0v) is 9.01. The van der Waals surface area contributed by atoms with Crippen molar-refractivity contribution in [1.29, 1.82) is 0 Å². The molecule has 0 bridgehead atoms. The third-order valence-electron chi connectivity index (χ3n) is 2.27. The van der Waals surface area contributed by atoms with Gasteiger partial charge in [-0.25, -0.2) is 4.39 Å². The summed E-state index contributed by atoms with van der Waals surface area (Å²) in [5.74, 6) is -0.177. The van der Waals surface area contributed by atoms with Crippen LogP contribution in [0.5, 0.6) is 0 Å². The summed E-state index contributed by atoms with van der Waals surface area (Å²) in [6.45, 7) is 4.50. The second kappa shape index (κ2) is 7.04. The third-order valence-corrected chi connectivity index (χ3v) is 2.27. The van der Waals surface area contributed by atoms with E-state index in [0.717, 1.165) is 25.8 Å². The Morgan fingerprint density at radius 1 is 1.20 bits per heavy atom. The van der Waals surface area contributed by atoms with E-state index in [1.54, 1.807) is 12.1 Å². The molecule has 1 aromatic rings. The molecule has 1 rings (SSSR count).